The van der Waals surface area contributed by atoms with Gasteiger partial charge in [0.25, 0.3) is 0 Å². The molecule has 0 heterocycles. The van der Waals surface area contributed by atoms with Gasteiger partial charge < -0.3 is 5.32 Å². The summed E-state index contributed by atoms with van der Waals surface area (Å²) in [4.78, 5) is 12.3. The highest BCUT2D eigenvalue weighted by Crippen LogP contribution is 2.30. The van der Waals surface area contributed by atoms with Gasteiger partial charge in [-0.15, -0.1) is 0 Å². The number of carbonyl (C=O) groups is 1. The topological polar surface area (TPSA) is 89.3 Å². The molecule has 7 heteroatoms. The molecular weight excluding hydrogens is 396 g/mol. The first kappa shape index (κ1) is 20.1. The smallest absolute Gasteiger partial charge is 0.238 e. The molecule has 0 unspecified atom stereocenters. The Kier molecular flexibility index (Phi) is 5.84. The van der Waals surface area contributed by atoms with Crippen molar-refractivity contribution in [3.05, 3.63) is 82.9 Å². The van der Waals surface area contributed by atoms with Gasteiger partial charge in [-0.1, -0.05) is 65.7 Å². The number of anilines is 1. The van der Waals surface area contributed by atoms with Crippen molar-refractivity contribution in [3.63, 3.8) is 0 Å². The van der Waals surface area contributed by atoms with Crippen molar-refractivity contribution < 1.29 is 13.2 Å². The van der Waals surface area contributed by atoms with Crippen LogP contribution >= 0.6 is 11.6 Å². The summed E-state index contributed by atoms with van der Waals surface area (Å²) in [6, 6.07) is 19.2. The van der Waals surface area contributed by atoms with E-state index in [1.807, 2.05) is 31.2 Å². The molecule has 144 valence electrons. The normalized spacial score (nSPS) is 11.2. The molecule has 0 aliphatic carbocycles. The minimum absolute atomic E-state index is 0.0476. The zero-order chi connectivity index (χ0) is 20.3. The molecule has 0 aromatic heterocycles. The first-order valence-electron chi connectivity index (χ1n) is 8.51. The number of hydrogen-bond acceptors (Lipinski definition) is 3. The van der Waals surface area contributed by atoms with Crippen molar-refractivity contribution in [2.24, 2.45) is 5.14 Å². The zero-order valence-electron chi connectivity index (χ0n) is 15.1. The minimum atomic E-state index is -3.99. The number of amides is 1. The Balaban J connectivity index is 1.91. The third-order valence-corrected chi connectivity index (χ3v) is 5.53. The number of halogens is 1. The van der Waals surface area contributed by atoms with Crippen LogP contribution in [0.5, 0.6) is 0 Å². The number of sulfonamides is 1. The van der Waals surface area contributed by atoms with E-state index < -0.39 is 10.0 Å². The molecule has 3 N–H and O–H groups in total. The lowest BCUT2D eigenvalue weighted by Gasteiger charge is -2.12. The predicted octanol–water partition coefficient (Wildman–Crippen LogP) is 4.14. The van der Waals surface area contributed by atoms with Crippen LogP contribution in [0.1, 0.15) is 11.1 Å². The Morgan fingerprint density at radius 3 is 2.46 bits per heavy atom. The van der Waals surface area contributed by atoms with Crippen molar-refractivity contribution in [1.82, 2.24) is 0 Å². The van der Waals surface area contributed by atoms with E-state index in [2.05, 4.69) is 5.32 Å². The maximum Gasteiger partial charge on any atom is 0.238 e. The second-order valence-electron chi connectivity index (χ2n) is 6.44. The van der Waals surface area contributed by atoms with Gasteiger partial charge >= 0.3 is 0 Å². The molecule has 0 atom stereocenters. The summed E-state index contributed by atoms with van der Waals surface area (Å²) >= 11 is 6.08. The standard InChI is InChI=1S/C21H19ClN2O3S/c1-14-5-4-7-15(11-14)18-10-9-17(13-20(18)28(23,26)27)24-21(25)12-16-6-2-3-8-19(16)22/h2-11,13H,12H2,1H3,(H,24,25)(H2,23,26,27). The van der Waals surface area contributed by atoms with Gasteiger partial charge in [-0.05, 0) is 36.2 Å². The van der Waals surface area contributed by atoms with Gasteiger partial charge in [-0.25, -0.2) is 13.6 Å². The fourth-order valence-corrected chi connectivity index (χ4v) is 3.89. The zero-order valence-corrected chi connectivity index (χ0v) is 16.7. The van der Waals surface area contributed by atoms with Gasteiger partial charge in [0, 0.05) is 16.3 Å². The predicted molar refractivity (Wildman–Crippen MR) is 112 cm³/mol. The van der Waals surface area contributed by atoms with E-state index in [-0.39, 0.29) is 17.2 Å². The fourth-order valence-electron chi connectivity index (χ4n) is 2.91. The lowest BCUT2D eigenvalue weighted by atomic mass is 10.0. The molecule has 3 aromatic carbocycles. The van der Waals surface area contributed by atoms with Crippen LogP contribution in [0.15, 0.2) is 71.6 Å². The Bertz CT molecular complexity index is 1140. The number of primary sulfonamides is 1. The monoisotopic (exact) mass is 414 g/mol. The molecule has 3 aromatic rings. The highest BCUT2D eigenvalue weighted by Gasteiger charge is 2.17. The number of carbonyl (C=O) groups excluding carboxylic acids is 1. The molecule has 0 saturated carbocycles. The number of rotatable bonds is 5. The second kappa shape index (κ2) is 8.14. The molecular formula is C21H19ClN2O3S. The van der Waals surface area contributed by atoms with Crippen molar-refractivity contribution in [1.29, 1.82) is 0 Å². The lowest BCUT2D eigenvalue weighted by molar-refractivity contribution is -0.115. The highest BCUT2D eigenvalue weighted by atomic mass is 35.5. The van der Waals surface area contributed by atoms with Crippen molar-refractivity contribution in [2.75, 3.05) is 5.32 Å². The average Bonchev–Trinajstić information content (AvgIpc) is 2.63. The summed E-state index contributed by atoms with van der Waals surface area (Å²) in [5.74, 6) is -0.309. The van der Waals surface area contributed by atoms with E-state index in [0.717, 1.165) is 11.1 Å². The molecule has 0 fully saturated rings. The van der Waals surface area contributed by atoms with Crippen LogP contribution in [-0.2, 0) is 21.2 Å². The Hall–Kier alpha value is -2.67. The van der Waals surface area contributed by atoms with Crippen LogP contribution in [0.2, 0.25) is 5.02 Å². The van der Waals surface area contributed by atoms with Gasteiger partial charge in [-0.3, -0.25) is 4.79 Å². The molecule has 5 nitrogen and oxygen atoms in total. The van der Waals surface area contributed by atoms with E-state index in [1.54, 1.807) is 36.4 Å². The average molecular weight is 415 g/mol. The molecule has 0 bridgehead atoms. The van der Waals surface area contributed by atoms with Crippen molar-refractivity contribution in [3.8, 4) is 11.1 Å². The summed E-state index contributed by atoms with van der Waals surface area (Å²) in [5, 5.41) is 8.62. The number of nitrogens with one attached hydrogen (secondary N) is 1. The van der Waals surface area contributed by atoms with Gasteiger partial charge in [0.1, 0.15) is 0 Å². The third kappa shape index (κ3) is 4.78. The van der Waals surface area contributed by atoms with E-state index in [4.69, 9.17) is 16.7 Å². The van der Waals surface area contributed by atoms with Crippen LogP contribution in [-0.4, -0.2) is 14.3 Å². The molecule has 0 spiro atoms. The van der Waals surface area contributed by atoms with Gasteiger partial charge in [0.15, 0.2) is 0 Å². The summed E-state index contributed by atoms with van der Waals surface area (Å²) in [6.07, 6.45) is 0.0734. The van der Waals surface area contributed by atoms with Crippen molar-refractivity contribution >= 4 is 33.2 Å². The maximum atomic E-state index is 12.3. The van der Waals surface area contributed by atoms with Crippen LogP contribution in [0, 0.1) is 6.92 Å². The lowest BCUT2D eigenvalue weighted by Crippen LogP contribution is -2.17. The highest BCUT2D eigenvalue weighted by molar-refractivity contribution is 7.89. The van der Waals surface area contributed by atoms with Crippen LogP contribution < -0.4 is 10.5 Å². The Morgan fingerprint density at radius 2 is 1.79 bits per heavy atom. The van der Waals surface area contributed by atoms with Crippen molar-refractivity contribution in [2.45, 2.75) is 18.2 Å². The number of nitrogens with two attached hydrogens (primary N) is 1. The summed E-state index contributed by atoms with van der Waals surface area (Å²) in [7, 11) is -3.99. The van der Waals surface area contributed by atoms with Crippen LogP contribution in [0.3, 0.4) is 0 Å². The first-order valence-corrected chi connectivity index (χ1v) is 10.4. The van der Waals surface area contributed by atoms with E-state index in [0.29, 0.717) is 21.8 Å². The second-order valence-corrected chi connectivity index (χ2v) is 8.38. The number of hydrogen-bond donors (Lipinski definition) is 2. The largest absolute Gasteiger partial charge is 0.326 e. The quantitative estimate of drug-likeness (QED) is 0.657. The van der Waals surface area contributed by atoms with Crippen LogP contribution in [0.4, 0.5) is 5.69 Å². The van der Waals surface area contributed by atoms with E-state index >= 15 is 0 Å². The number of aryl methyl sites for hydroxylation is 1. The molecule has 0 saturated heterocycles. The maximum absolute atomic E-state index is 12.3. The molecule has 3 rings (SSSR count). The molecule has 0 aliphatic rings. The summed E-state index contributed by atoms with van der Waals surface area (Å²) in [6.45, 7) is 1.92. The third-order valence-electron chi connectivity index (χ3n) is 4.21. The fraction of sp³-hybridized carbons (Fsp3) is 0.0952. The molecule has 0 radical (unpaired) electrons. The van der Waals surface area contributed by atoms with E-state index in [1.165, 1.54) is 6.07 Å². The molecule has 1 amide bonds. The Labute approximate surface area is 169 Å². The van der Waals surface area contributed by atoms with Crippen LogP contribution in [0.25, 0.3) is 11.1 Å². The summed E-state index contributed by atoms with van der Waals surface area (Å²) < 4.78 is 24.3. The van der Waals surface area contributed by atoms with Gasteiger partial charge in [0.2, 0.25) is 15.9 Å². The SMILES string of the molecule is Cc1cccc(-c2ccc(NC(=O)Cc3ccccc3Cl)cc2S(N)(=O)=O)c1. The summed E-state index contributed by atoms with van der Waals surface area (Å²) in [5.41, 5.74) is 3.24. The van der Waals surface area contributed by atoms with Gasteiger partial charge in [0.05, 0.1) is 11.3 Å². The number of benzene rings is 3. The molecule has 28 heavy (non-hydrogen) atoms. The minimum Gasteiger partial charge on any atom is -0.326 e. The van der Waals surface area contributed by atoms with E-state index in [9.17, 15) is 13.2 Å². The molecule has 0 aliphatic heterocycles. The Morgan fingerprint density at radius 1 is 1.04 bits per heavy atom. The first-order chi connectivity index (χ1) is 13.2. The van der Waals surface area contributed by atoms with Gasteiger partial charge in [-0.2, -0.15) is 0 Å².